The summed E-state index contributed by atoms with van der Waals surface area (Å²) in [5.74, 6) is 2.02. The van der Waals surface area contributed by atoms with Crippen molar-refractivity contribution in [2.75, 3.05) is 20.0 Å². The number of benzene rings is 2. The van der Waals surface area contributed by atoms with Gasteiger partial charge < -0.3 is 14.4 Å². The minimum Gasteiger partial charge on any atom is -0.497 e. The summed E-state index contributed by atoms with van der Waals surface area (Å²) in [6.45, 7) is 4.55. The van der Waals surface area contributed by atoms with Crippen LogP contribution in [0.3, 0.4) is 0 Å². The van der Waals surface area contributed by atoms with Crippen molar-refractivity contribution in [2.45, 2.75) is 25.8 Å². The van der Waals surface area contributed by atoms with Crippen LogP contribution in [0.15, 0.2) is 48.5 Å². The zero-order valence-electron chi connectivity index (χ0n) is 17.6. The van der Waals surface area contributed by atoms with E-state index >= 15 is 0 Å². The highest BCUT2D eigenvalue weighted by molar-refractivity contribution is 8.00. The number of hydrogen-bond donors (Lipinski definition) is 0. The largest absolute Gasteiger partial charge is 0.497 e. The van der Waals surface area contributed by atoms with Gasteiger partial charge in [0.05, 0.1) is 37.9 Å². The van der Waals surface area contributed by atoms with E-state index in [0.717, 1.165) is 34.0 Å². The normalized spacial score (nSPS) is 16.2. The molecule has 3 aromatic rings. The van der Waals surface area contributed by atoms with Crippen LogP contribution in [0.25, 0.3) is 5.69 Å². The van der Waals surface area contributed by atoms with Gasteiger partial charge in [0.15, 0.2) is 0 Å². The van der Waals surface area contributed by atoms with Crippen LogP contribution in [0, 0.1) is 13.8 Å². The van der Waals surface area contributed by atoms with Gasteiger partial charge in [0.25, 0.3) is 0 Å². The lowest BCUT2D eigenvalue weighted by Gasteiger charge is -2.25. The second-order valence-electron chi connectivity index (χ2n) is 7.19. The molecule has 156 valence electrons. The van der Waals surface area contributed by atoms with Crippen molar-refractivity contribution in [3.63, 3.8) is 0 Å². The lowest BCUT2D eigenvalue weighted by Crippen LogP contribution is -2.28. The molecule has 1 atom stereocenters. The Balaban J connectivity index is 1.69. The molecule has 0 spiro atoms. The van der Waals surface area contributed by atoms with Gasteiger partial charge in [-0.15, -0.1) is 11.8 Å². The molecule has 0 saturated carbocycles. The van der Waals surface area contributed by atoms with Gasteiger partial charge in [-0.25, -0.2) is 4.68 Å². The number of rotatable bonds is 6. The predicted molar refractivity (Wildman–Crippen MR) is 118 cm³/mol. The minimum atomic E-state index is -0.0817. The monoisotopic (exact) mass is 423 g/mol. The standard InChI is InChI=1S/C23H25N3O3S/c1-15-22(16(2)26(24-15)18-8-6-5-7-9-18)23-25(21(27)14-30-23)13-17-10-11-19(28-3)12-20(17)29-4/h5-12,23H,13-14H2,1-4H3. The van der Waals surface area contributed by atoms with Crippen LogP contribution < -0.4 is 9.47 Å². The Labute approximate surface area is 180 Å². The van der Waals surface area contributed by atoms with Crippen LogP contribution >= 0.6 is 11.8 Å². The topological polar surface area (TPSA) is 56.6 Å². The van der Waals surface area contributed by atoms with Crippen LogP contribution in [0.1, 0.15) is 27.9 Å². The third-order valence-electron chi connectivity index (χ3n) is 5.40. The van der Waals surface area contributed by atoms with E-state index in [9.17, 15) is 4.79 Å². The molecule has 1 aliphatic rings. The maximum absolute atomic E-state index is 12.8. The van der Waals surface area contributed by atoms with Crippen molar-refractivity contribution in [3.8, 4) is 17.2 Å². The fourth-order valence-electron chi connectivity index (χ4n) is 3.86. The van der Waals surface area contributed by atoms with E-state index in [2.05, 4.69) is 6.92 Å². The molecule has 2 heterocycles. The van der Waals surface area contributed by atoms with Crippen LogP contribution in [-0.4, -0.2) is 40.6 Å². The van der Waals surface area contributed by atoms with Crippen LogP contribution in [0.5, 0.6) is 11.5 Å². The maximum Gasteiger partial charge on any atom is 0.234 e. The number of aryl methyl sites for hydroxylation is 1. The molecular weight excluding hydrogens is 398 g/mol. The Kier molecular flexibility index (Phi) is 5.72. The summed E-state index contributed by atoms with van der Waals surface area (Å²) in [6.07, 6.45) is 0. The molecule has 0 radical (unpaired) electrons. The average Bonchev–Trinajstić information content (AvgIpc) is 3.27. The Bertz CT molecular complexity index is 1070. The van der Waals surface area contributed by atoms with Gasteiger partial charge in [-0.2, -0.15) is 5.10 Å². The number of carbonyl (C=O) groups is 1. The number of ether oxygens (including phenoxy) is 2. The Morgan fingerprint density at radius 2 is 1.87 bits per heavy atom. The van der Waals surface area contributed by atoms with Crippen LogP contribution in [-0.2, 0) is 11.3 Å². The third-order valence-corrected chi connectivity index (χ3v) is 6.62. The molecule has 1 unspecified atom stereocenters. The van der Waals surface area contributed by atoms with Gasteiger partial charge >= 0.3 is 0 Å². The quantitative estimate of drug-likeness (QED) is 0.592. The first-order chi connectivity index (χ1) is 14.5. The fraction of sp³-hybridized carbons (Fsp3) is 0.304. The summed E-state index contributed by atoms with van der Waals surface area (Å²) in [6, 6.07) is 15.8. The zero-order chi connectivity index (χ0) is 21.3. The van der Waals surface area contributed by atoms with Gasteiger partial charge in [0.2, 0.25) is 5.91 Å². The first-order valence-electron chi connectivity index (χ1n) is 9.77. The van der Waals surface area contributed by atoms with E-state index in [1.807, 2.05) is 65.0 Å². The SMILES string of the molecule is COc1ccc(CN2C(=O)CSC2c2c(C)nn(-c3ccccc3)c2C)c(OC)c1. The Hall–Kier alpha value is -2.93. The number of hydrogen-bond acceptors (Lipinski definition) is 5. The number of para-hydroxylation sites is 1. The molecule has 30 heavy (non-hydrogen) atoms. The van der Waals surface area contributed by atoms with Crippen molar-refractivity contribution in [2.24, 2.45) is 0 Å². The Morgan fingerprint density at radius 1 is 1.10 bits per heavy atom. The zero-order valence-corrected chi connectivity index (χ0v) is 18.4. The third kappa shape index (κ3) is 3.65. The first kappa shape index (κ1) is 20.3. The number of thioether (sulfide) groups is 1. The molecule has 0 N–H and O–H groups in total. The number of nitrogens with zero attached hydrogens (tertiary/aromatic N) is 3. The fourth-order valence-corrected chi connectivity index (χ4v) is 5.21. The molecule has 1 aromatic heterocycles. The van der Waals surface area contributed by atoms with Gasteiger partial charge in [-0.05, 0) is 38.1 Å². The summed E-state index contributed by atoms with van der Waals surface area (Å²) in [5.41, 5.74) is 5.06. The molecule has 1 aliphatic heterocycles. The first-order valence-corrected chi connectivity index (χ1v) is 10.8. The number of carbonyl (C=O) groups excluding carboxylic acids is 1. The minimum absolute atomic E-state index is 0.0817. The highest BCUT2D eigenvalue weighted by Crippen LogP contribution is 2.43. The number of methoxy groups -OCH3 is 2. The second-order valence-corrected chi connectivity index (χ2v) is 8.26. The van der Waals surface area contributed by atoms with Gasteiger partial charge in [-0.1, -0.05) is 18.2 Å². The summed E-state index contributed by atoms with van der Waals surface area (Å²) in [7, 11) is 3.26. The molecule has 0 aliphatic carbocycles. The number of amides is 1. The lowest BCUT2D eigenvalue weighted by molar-refractivity contribution is -0.128. The van der Waals surface area contributed by atoms with E-state index < -0.39 is 0 Å². The maximum atomic E-state index is 12.8. The number of aromatic nitrogens is 2. The lowest BCUT2D eigenvalue weighted by atomic mass is 10.1. The molecule has 6 nitrogen and oxygen atoms in total. The van der Waals surface area contributed by atoms with Crippen molar-refractivity contribution in [1.29, 1.82) is 0 Å². The van der Waals surface area contributed by atoms with Crippen LogP contribution in [0.4, 0.5) is 0 Å². The molecule has 2 aromatic carbocycles. The van der Waals surface area contributed by atoms with Crippen molar-refractivity contribution < 1.29 is 14.3 Å². The smallest absolute Gasteiger partial charge is 0.234 e. The molecule has 7 heteroatoms. The van der Waals surface area contributed by atoms with E-state index in [1.165, 1.54) is 0 Å². The van der Waals surface area contributed by atoms with Crippen molar-refractivity contribution >= 4 is 17.7 Å². The van der Waals surface area contributed by atoms with Gasteiger partial charge in [-0.3, -0.25) is 4.79 Å². The highest BCUT2D eigenvalue weighted by atomic mass is 32.2. The van der Waals surface area contributed by atoms with Crippen molar-refractivity contribution in [3.05, 3.63) is 71.0 Å². The van der Waals surface area contributed by atoms with E-state index in [0.29, 0.717) is 18.0 Å². The summed E-state index contributed by atoms with van der Waals surface area (Å²) >= 11 is 1.65. The van der Waals surface area contributed by atoms with E-state index in [4.69, 9.17) is 14.6 Å². The van der Waals surface area contributed by atoms with Gasteiger partial charge in [0.1, 0.15) is 16.9 Å². The molecule has 4 rings (SSSR count). The molecule has 1 saturated heterocycles. The average molecular weight is 424 g/mol. The van der Waals surface area contributed by atoms with Gasteiger partial charge in [0, 0.05) is 22.9 Å². The van der Waals surface area contributed by atoms with Crippen LogP contribution in [0.2, 0.25) is 0 Å². The molecule has 1 amide bonds. The summed E-state index contributed by atoms with van der Waals surface area (Å²) < 4.78 is 12.8. The second kappa shape index (κ2) is 8.44. The molecule has 0 bridgehead atoms. The Morgan fingerprint density at radius 3 is 2.57 bits per heavy atom. The summed E-state index contributed by atoms with van der Waals surface area (Å²) in [4.78, 5) is 14.7. The molecule has 1 fully saturated rings. The van der Waals surface area contributed by atoms with E-state index in [1.54, 1.807) is 26.0 Å². The highest BCUT2D eigenvalue weighted by Gasteiger charge is 2.36. The summed E-state index contributed by atoms with van der Waals surface area (Å²) in [5, 5.41) is 4.69. The molecular formula is C23H25N3O3S. The van der Waals surface area contributed by atoms with E-state index in [-0.39, 0.29) is 11.3 Å². The van der Waals surface area contributed by atoms with Crippen molar-refractivity contribution in [1.82, 2.24) is 14.7 Å². The predicted octanol–water partition coefficient (Wildman–Crippen LogP) is 4.28.